The van der Waals surface area contributed by atoms with Crippen LogP contribution in [0, 0.1) is 0 Å². The van der Waals surface area contributed by atoms with E-state index in [1.165, 1.54) is 19.1 Å². The van der Waals surface area contributed by atoms with E-state index in [0.717, 1.165) is 5.56 Å². The summed E-state index contributed by atoms with van der Waals surface area (Å²) in [5.41, 5.74) is 2.35. The minimum atomic E-state index is -0.387. The normalized spacial score (nSPS) is 12.9. The first-order valence-corrected chi connectivity index (χ1v) is 10.5. The van der Waals surface area contributed by atoms with Gasteiger partial charge in [-0.3, -0.25) is 14.5 Å². The quantitative estimate of drug-likeness (QED) is 0.578. The molecule has 1 aliphatic rings. The van der Waals surface area contributed by atoms with Crippen LogP contribution in [0.1, 0.15) is 12.0 Å². The minimum Gasteiger partial charge on any atom is -0.497 e. The summed E-state index contributed by atoms with van der Waals surface area (Å²) in [6, 6.07) is 15.9. The summed E-state index contributed by atoms with van der Waals surface area (Å²) in [6.45, 7) is -0.224. The molecule has 0 unspecified atom stereocenters. The van der Waals surface area contributed by atoms with Crippen molar-refractivity contribution in [2.45, 2.75) is 6.42 Å². The average molecular weight is 460 g/mol. The predicted octanol–water partition coefficient (Wildman–Crippen LogP) is 3.60. The number of fused-ring (bicyclic) bond motifs is 1. The molecule has 2 amide bonds. The van der Waals surface area contributed by atoms with Gasteiger partial charge in [0.05, 0.1) is 33.5 Å². The van der Waals surface area contributed by atoms with E-state index in [4.69, 9.17) is 19.2 Å². The molecule has 0 fully saturated rings. The highest BCUT2D eigenvalue weighted by Gasteiger charge is 2.28. The smallest absolute Gasteiger partial charge is 0.244 e. The lowest BCUT2D eigenvalue weighted by Gasteiger charge is -2.20. The zero-order valence-corrected chi connectivity index (χ0v) is 19.1. The molecule has 1 N–H and O–H groups in total. The number of aromatic nitrogens is 1. The van der Waals surface area contributed by atoms with Gasteiger partial charge in [0.2, 0.25) is 11.8 Å². The Bertz CT molecular complexity index is 1260. The van der Waals surface area contributed by atoms with Gasteiger partial charge in [0.15, 0.2) is 17.3 Å². The summed E-state index contributed by atoms with van der Waals surface area (Å²) < 4.78 is 15.8. The van der Waals surface area contributed by atoms with Gasteiger partial charge in [-0.05, 0) is 36.4 Å². The van der Waals surface area contributed by atoms with E-state index in [1.807, 2.05) is 24.3 Å². The molecule has 2 aromatic carbocycles. The third-order valence-corrected chi connectivity index (χ3v) is 5.27. The maximum Gasteiger partial charge on any atom is 0.244 e. The lowest BCUT2D eigenvalue weighted by molar-refractivity contribution is -0.120. The molecule has 34 heavy (non-hydrogen) atoms. The van der Waals surface area contributed by atoms with Crippen molar-refractivity contribution in [2.24, 2.45) is 4.99 Å². The Labute approximate surface area is 197 Å². The number of rotatable bonds is 7. The largest absolute Gasteiger partial charge is 0.497 e. The minimum absolute atomic E-state index is 0.00711. The summed E-state index contributed by atoms with van der Waals surface area (Å²) in [4.78, 5) is 36.5. The fourth-order valence-electron chi connectivity index (χ4n) is 3.62. The molecule has 174 valence electrons. The van der Waals surface area contributed by atoms with Gasteiger partial charge >= 0.3 is 0 Å². The summed E-state index contributed by atoms with van der Waals surface area (Å²) in [5, 5.41) is 2.79. The summed E-state index contributed by atoms with van der Waals surface area (Å²) >= 11 is 0. The number of aliphatic imine (C=N–C) groups is 1. The number of ether oxygens (including phenoxy) is 3. The van der Waals surface area contributed by atoms with Crippen molar-refractivity contribution < 1.29 is 23.8 Å². The van der Waals surface area contributed by atoms with Crippen LogP contribution in [0.3, 0.4) is 0 Å². The van der Waals surface area contributed by atoms with E-state index in [1.54, 1.807) is 43.6 Å². The first-order chi connectivity index (χ1) is 16.5. The third-order valence-electron chi connectivity index (χ3n) is 5.27. The molecule has 0 radical (unpaired) electrons. The zero-order chi connectivity index (χ0) is 24.1. The van der Waals surface area contributed by atoms with E-state index >= 15 is 0 Å². The molecule has 2 heterocycles. The standard InChI is InChI=1S/C25H24N4O5/c1-32-18-7-4-6-16(12-18)20-14-24(31)29(25-19(28-20)8-5-11-26-25)15-23(30)27-17-9-10-21(33-2)22(13-17)34-3/h4-13H,14-15H2,1-3H3,(H,27,30). The Morgan fingerprint density at radius 2 is 1.82 bits per heavy atom. The number of hydrogen-bond donors (Lipinski definition) is 1. The zero-order valence-electron chi connectivity index (χ0n) is 19.1. The van der Waals surface area contributed by atoms with Crippen molar-refractivity contribution in [3.63, 3.8) is 0 Å². The number of hydrogen-bond acceptors (Lipinski definition) is 7. The summed E-state index contributed by atoms with van der Waals surface area (Å²) in [7, 11) is 4.63. The topological polar surface area (TPSA) is 102 Å². The summed E-state index contributed by atoms with van der Waals surface area (Å²) in [5.74, 6) is 1.34. The Hall–Kier alpha value is -4.40. The van der Waals surface area contributed by atoms with E-state index in [9.17, 15) is 9.59 Å². The number of pyridine rings is 1. The van der Waals surface area contributed by atoms with Crippen LogP contribution in [-0.4, -0.2) is 50.4 Å². The van der Waals surface area contributed by atoms with Crippen LogP contribution in [0.15, 0.2) is 65.8 Å². The number of anilines is 2. The van der Waals surface area contributed by atoms with E-state index < -0.39 is 0 Å². The number of nitrogens with zero attached hydrogens (tertiary/aromatic N) is 3. The molecule has 0 spiro atoms. The number of carbonyl (C=O) groups excluding carboxylic acids is 2. The van der Waals surface area contributed by atoms with Gasteiger partial charge in [-0.1, -0.05) is 12.1 Å². The Kier molecular flexibility index (Phi) is 6.72. The van der Waals surface area contributed by atoms with Crippen LogP contribution < -0.4 is 24.4 Å². The van der Waals surface area contributed by atoms with Crippen LogP contribution in [0.25, 0.3) is 0 Å². The average Bonchev–Trinajstić information content (AvgIpc) is 3.00. The second-order valence-corrected chi connectivity index (χ2v) is 7.41. The van der Waals surface area contributed by atoms with Gasteiger partial charge < -0.3 is 19.5 Å². The Balaban J connectivity index is 1.58. The molecule has 0 saturated carbocycles. The maximum atomic E-state index is 13.2. The van der Waals surface area contributed by atoms with Gasteiger partial charge in [0.1, 0.15) is 18.0 Å². The van der Waals surface area contributed by atoms with Gasteiger partial charge in [0, 0.05) is 23.5 Å². The fourth-order valence-corrected chi connectivity index (χ4v) is 3.62. The molecule has 1 aliphatic heterocycles. The second-order valence-electron chi connectivity index (χ2n) is 7.41. The predicted molar refractivity (Wildman–Crippen MR) is 129 cm³/mol. The molecule has 3 aromatic rings. The highest BCUT2D eigenvalue weighted by Crippen LogP contribution is 2.32. The molecule has 0 saturated heterocycles. The van der Waals surface area contributed by atoms with Gasteiger partial charge in [0.25, 0.3) is 0 Å². The van der Waals surface area contributed by atoms with Crippen LogP contribution >= 0.6 is 0 Å². The number of benzene rings is 2. The van der Waals surface area contributed by atoms with Crippen molar-refractivity contribution >= 4 is 34.7 Å². The molecule has 0 aliphatic carbocycles. The lowest BCUT2D eigenvalue weighted by Crippen LogP contribution is -2.39. The number of amides is 2. The first kappa shape index (κ1) is 22.8. The van der Waals surface area contributed by atoms with Crippen molar-refractivity contribution in [2.75, 3.05) is 38.1 Å². The van der Waals surface area contributed by atoms with Crippen LogP contribution in [0.5, 0.6) is 17.2 Å². The summed E-state index contributed by atoms with van der Waals surface area (Å²) in [6.07, 6.45) is 1.57. The number of methoxy groups -OCH3 is 3. The molecule has 4 rings (SSSR count). The van der Waals surface area contributed by atoms with Crippen LogP contribution in [0.2, 0.25) is 0 Å². The van der Waals surface area contributed by atoms with Crippen molar-refractivity contribution in [3.8, 4) is 17.2 Å². The first-order valence-electron chi connectivity index (χ1n) is 10.5. The van der Waals surface area contributed by atoms with E-state index in [-0.39, 0.29) is 24.8 Å². The number of carbonyl (C=O) groups is 2. The molecular weight excluding hydrogens is 436 g/mol. The van der Waals surface area contributed by atoms with Crippen molar-refractivity contribution in [3.05, 3.63) is 66.4 Å². The Morgan fingerprint density at radius 1 is 1.00 bits per heavy atom. The molecule has 9 nitrogen and oxygen atoms in total. The van der Waals surface area contributed by atoms with E-state index in [0.29, 0.717) is 40.2 Å². The monoisotopic (exact) mass is 460 g/mol. The van der Waals surface area contributed by atoms with Crippen LogP contribution in [0.4, 0.5) is 17.2 Å². The van der Waals surface area contributed by atoms with Gasteiger partial charge in [-0.2, -0.15) is 0 Å². The van der Waals surface area contributed by atoms with E-state index in [2.05, 4.69) is 10.3 Å². The fraction of sp³-hybridized carbons (Fsp3) is 0.200. The van der Waals surface area contributed by atoms with Crippen LogP contribution in [-0.2, 0) is 9.59 Å². The van der Waals surface area contributed by atoms with Gasteiger partial charge in [-0.25, -0.2) is 9.98 Å². The molecule has 0 bridgehead atoms. The van der Waals surface area contributed by atoms with Crippen molar-refractivity contribution in [1.29, 1.82) is 0 Å². The molecule has 1 aromatic heterocycles. The Morgan fingerprint density at radius 3 is 2.59 bits per heavy atom. The lowest BCUT2D eigenvalue weighted by atomic mass is 10.1. The van der Waals surface area contributed by atoms with Crippen molar-refractivity contribution in [1.82, 2.24) is 4.98 Å². The highest BCUT2D eigenvalue weighted by molar-refractivity contribution is 6.18. The SMILES string of the molecule is COc1cccc(C2=Nc3cccnc3N(CC(=O)Nc3ccc(OC)c(OC)c3)C(=O)C2)c1. The maximum absolute atomic E-state index is 13.2. The molecular formula is C25H24N4O5. The second kappa shape index (κ2) is 10.0. The molecule has 0 atom stereocenters. The number of nitrogens with one attached hydrogen (secondary N) is 1. The highest BCUT2D eigenvalue weighted by atomic mass is 16.5. The molecule has 9 heteroatoms. The third kappa shape index (κ3) is 4.83. The van der Waals surface area contributed by atoms with Gasteiger partial charge in [-0.15, -0.1) is 0 Å².